The minimum Gasteiger partial charge on any atom is -0.390 e. The lowest BCUT2D eigenvalue weighted by atomic mass is 10.1. The average Bonchev–Trinajstić information content (AvgIpc) is 2.16. The van der Waals surface area contributed by atoms with Gasteiger partial charge in [-0.05, 0) is 24.1 Å². The van der Waals surface area contributed by atoms with Gasteiger partial charge in [-0.1, -0.05) is 6.92 Å². The number of rotatable bonds is 3. The third kappa shape index (κ3) is 2.11. The van der Waals surface area contributed by atoms with Gasteiger partial charge in [-0.15, -0.1) is 0 Å². The Balaban J connectivity index is 1.95. The van der Waals surface area contributed by atoms with Crippen molar-refractivity contribution in [2.75, 3.05) is 13.1 Å². The Bertz CT molecular complexity index is 308. The molecule has 2 heterocycles. The van der Waals surface area contributed by atoms with E-state index >= 15 is 0 Å². The van der Waals surface area contributed by atoms with Crippen molar-refractivity contribution in [3.63, 3.8) is 0 Å². The number of likely N-dealkylation sites (tertiary alicyclic amines) is 1. The highest BCUT2D eigenvalue weighted by molar-refractivity contribution is 5.16. The van der Waals surface area contributed by atoms with Gasteiger partial charge >= 0.3 is 0 Å². The maximum absolute atomic E-state index is 9.14. The molecule has 1 aliphatic rings. The topological polar surface area (TPSA) is 36.4 Å². The first kappa shape index (κ1) is 9.62. The molecular weight excluding hydrogens is 176 g/mol. The van der Waals surface area contributed by atoms with E-state index < -0.39 is 0 Å². The molecule has 0 atom stereocenters. The monoisotopic (exact) mass is 192 g/mol. The van der Waals surface area contributed by atoms with Crippen LogP contribution in [0.25, 0.3) is 0 Å². The Hall–Kier alpha value is -0.930. The largest absolute Gasteiger partial charge is 0.390 e. The fraction of sp³-hybridized carbons (Fsp3) is 0.545. The molecule has 3 nitrogen and oxygen atoms in total. The Morgan fingerprint density at radius 3 is 3.00 bits per heavy atom. The fourth-order valence-corrected chi connectivity index (χ4v) is 1.74. The van der Waals surface area contributed by atoms with Crippen LogP contribution < -0.4 is 0 Å². The van der Waals surface area contributed by atoms with Gasteiger partial charge in [0, 0.05) is 25.8 Å². The number of aliphatic hydroxyl groups is 1. The Morgan fingerprint density at radius 2 is 2.36 bits per heavy atom. The van der Waals surface area contributed by atoms with Gasteiger partial charge in [0.25, 0.3) is 0 Å². The molecule has 2 rings (SSSR count). The number of hydrogen-bond acceptors (Lipinski definition) is 3. The predicted molar refractivity (Wildman–Crippen MR) is 54.9 cm³/mol. The molecule has 0 amide bonds. The summed E-state index contributed by atoms with van der Waals surface area (Å²) in [6, 6.07) is 4.19. The number of hydrogen-bond donors (Lipinski definition) is 1. The van der Waals surface area contributed by atoms with Crippen LogP contribution in [0.15, 0.2) is 18.3 Å². The summed E-state index contributed by atoms with van der Waals surface area (Å²) >= 11 is 0. The van der Waals surface area contributed by atoms with Crippen LogP contribution in [-0.4, -0.2) is 34.2 Å². The Morgan fingerprint density at radius 1 is 1.57 bits per heavy atom. The first-order valence-electron chi connectivity index (χ1n) is 5.12. The minimum atomic E-state index is -0.121. The summed E-state index contributed by atoms with van der Waals surface area (Å²) in [4.78, 5) is 6.51. The lowest BCUT2D eigenvalue weighted by Crippen LogP contribution is -2.49. The van der Waals surface area contributed by atoms with Gasteiger partial charge in [-0.3, -0.25) is 9.88 Å². The second kappa shape index (κ2) is 4.07. The van der Waals surface area contributed by atoms with Crippen LogP contribution in [0.3, 0.4) is 0 Å². The standard InChI is InChI=1S/C11H16N2O/c1-2-9-3-4-12-10(5-9)6-13-7-11(14)8-13/h3-5,11,14H,2,6-8H2,1H3. The number of pyridine rings is 1. The van der Waals surface area contributed by atoms with E-state index in [1.54, 1.807) is 0 Å². The first-order chi connectivity index (χ1) is 6.78. The number of aliphatic hydroxyl groups excluding tert-OH is 1. The molecule has 0 spiro atoms. The molecule has 1 N–H and O–H groups in total. The molecule has 0 aliphatic carbocycles. The summed E-state index contributed by atoms with van der Waals surface area (Å²) < 4.78 is 0. The van der Waals surface area contributed by atoms with Crippen LogP contribution in [-0.2, 0) is 13.0 Å². The summed E-state index contributed by atoms with van der Waals surface area (Å²) in [7, 11) is 0. The number of β-amino-alcohol motifs (C(OH)–C–C–N with tert-alkyl or cyclic N) is 1. The van der Waals surface area contributed by atoms with Gasteiger partial charge in [-0.25, -0.2) is 0 Å². The van der Waals surface area contributed by atoms with Crippen molar-refractivity contribution in [2.45, 2.75) is 26.0 Å². The number of aryl methyl sites for hydroxylation is 1. The van der Waals surface area contributed by atoms with Crippen LogP contribution in [0.1, 0.15) is 18.2 Å². The summed E-state index contributed by atoms with van der Waals surface area (Å²) in [5.74, 6) is 0. The van der Waals surface area contributed by atoms with E-state index in [0.717, 1.165) is 31.7 Å². The third-order valence-electron chi connectivity index (χ3n) is 2.61. The highest BCUT2D eigenvalue weighted by atomic mass is 16.3. The molecule has 0 unspecified atom stereocenters. The summed E-state index contributed by atoms with van der Waals surface area (Å²) in [5, 5.41) is 9.14. The Kier molecular flexibility index (Phi) is 2.79. The third-order valence-corrected chi connectivity index (χ3v) is 2.61. The number of nitrogens with zero attached hydrogens (tertiary/aromatic N) is 2. The van der Waals surface area contributed by atoms with Gasteiger partial charge in [0.05, 0.1) is 11.8 Å². The molecule has 3 heteroatoms. The van der Waals surface area contributed by atoms with Gasteiger partial charge in [0.2, 0.25) is 0 Å². The minimum absolute atomic E-state index is 0.121. The number of aromatic nitrogens is 1. The second-order valence-electron chi connectivity index (χ2n) is 3.86. The van der Waals surface area contributed by atoms with Crippen LogP contribution in [0, 0.1) is 0 Å². The summed E-state index contributed by atoms with van der Waals surface area (Å²) in [6.45, 7) is 4.59. The van der Waals surface area contributed by atoms with E-state index in [9.17, 15) is 0 Å². The lowest BCUT2D eigenvalue weighted by molar-refractivity contribution is -0.00354. The van der Waals surface area contributed by atoms with Crippen LogP contribution >= 0.6 is 0 Å². The van der Waals surface area contributed by atoms with E-state index in [0.29, 0.717) is 0 Å². The molecule has 14 heavy (non-hydrogen) atoms. The quantitative estimate of drug-likeness (QED) is 0.770. The molecule has 1 aromatic heterocycles. The highest BCUT2D eigenvalue weighted by Gasteiger charge is 2.24. The zero-order valence-corrected chi connectivity index (χ0v) is 8.48. The van der Waals surface area contributed by atoms with E-state index in [4.69, 9.17) is 5.11 Å². The molecule has 0 aromatic carbocycles. The van der Waals surface area contributed by atoms with Gasteiger partial charge in [0.15, 0.2) is 0 Å². The van der Waals surface area contributed by atoms with Crippen molar-refractivity contribution in [2.24, 2.45) is 0 Å². The highest BCUT2D eigenvalue weighted by Crippen LogP contribution is 2.12. The molecule has 0 bridgehead atoms. The molecule has 1 aromatic rings. The maximum atomic E-state index is 9.14. The predicted octanol–water partition coefficient (Wildman–Crippen LogP) is 0.821. The zero-order valence-electron chi connectivity index (χ0n) is 8.48. The normalized spacial score (nSPS) is 18.1. The van der Waals surface area contributed by atoms with Gasteiger partial charge in [0.1, 0.15) is 0 Å². The van der Waals surface area contributed by atoms with E-state index in [2.05, 4.69) is 28.9 Å². The van der Waals surface area contributed by atoms with Crippen molar-refractivity contribution in [3.8, 4) is 0 Å². The van der Waals surface area contributed by atoms with Crippen molar-refractivity contribution in [3.05, 3.63) is 29.6 Å². The molecule has 1 aliphatic heterocycles. The molecule has 76 valence electrons. The van der Waals surface area contributed by atoms with E-state index in [-0.39, 0.29) is 6.10 Å². The molecule has 1 saturated heterocycles. The van der Waals surface area contributed by atoms with Gasteiger partial charge in [-0.2, -0.15) is 0 Å². The SMILES string of the molecule is CCc1ccnc(CN2CC(O)C2)c1. The summed E-state index contributed by atoms with van der Waals surface area (Å²) in [6.07, 6.45) is 2.80. The Labute approximate surface area is 84.4 Å². The fourth-order valence-electron chi connectivity index (χ4n) is 1.74. The molecule has 0 radical (unpaired) electrons. The maximum Gasteiger partial charge on any atom is 0.0794 e. The average molecular weight is 192 g/mol. The summed E-state index contributed by atoms with van der Waals surface area (Å²) in [5.41, 5.74) is 2.44. The first-order valence-corrected chi connectivity index (χ1v) is 5.12. The molecular formula is C11H16N2O. The van der Waals surface area contributed by atoms with Crippen LogP contribution in [0.4, 0.5) is 0 Å². The van der Waals surface area contributed by atoms with Crippen molar-refractivity contribution in [1.82, 2.24) is 9.88 Å². The molecule has 0 saturated carbocycles. The van der Waals surface area contributed by atoms with E-state index in [1.165, 1.54) is 5.56 Å². The second-order valence-corrected chi connectivity index (χ2v) is 3.86. The molecule has 1 fully saturated rings. The van der Waals surface area contributed by atoms with Crippen molar-refractivity contribution >= 4 is 0 Å². The van der Waals surface area contributed by atoms with Gasteiger partial charge < -0.3 is 5.11 Å². The lowest BCUT2D eigenvalue weighted by Gasteiger charge is -2.35. The smallest absolute Gasteiger partial charge is 0.0794 e. The van der Waals surface area contributed by atoms with Crippen molar-refractivity contribution in [1.29, 1.82) is 0 Å². The van der Waals surface area contributed by atoms with Crippen LogP contribution in [0.2, 0.25) is 0 Å². The van der Waals surface area contributed by atoms with Crippen molar-refractivity contribution < 1.29 is 5.11 Å². The van der Waals surface area contributed by atoms with Crippen LogP contribution in [0.5, 0.6) is 0 Å². The van der Waals surface area contributed by atoms with E-state index in [1.807, 2.05) is 6.20 Å². The zero-order chi connectivity index (χ0) is 9.97.